The van der Waals surface area contributed by atoms with Gasteiger partial charge >= 0.3 is 0 Å². The summed E-state index contributed by atoms with van der Waals surface area (Å²) in [6.45, 7) is 3.29. The van der Waals surface area contributed by atoms with Crippen LogP contribution in [0.15, 0.2) is 6.33 Å². The van der Waals surface area contributed by atoms with Crippen LogP contribution in [0, 0.1) is 5.82 Å². The second-order valence-electron chi connectivity index (χ2n) is 3.89. The van der Waals surface area contributed by atoms with Crippen molar-refractivity contribution in [3.05, 3.63) is 17.8 Å². The average Bonchev–Trinajstić information content (AvgIpc) is 2.33. The number of ether oxygens (including phenoxy) is 1. The van der Waals surface area contributed by atoms with E-state index in [0.29, 0.717) is 24.5 Å². The first-order valence-corrected chi connectivity index (χ1v) is 5.65. The fraction of sp³-hybridized carbons (Fsp3) is 0.636. The van der Waals surface area contributed by atoms with E-state index in [1.54, 1.807) is 0 Å². The highest BCUT2D eigenvalue weighted by atomic mass is 19.1. The van der Waals surface area contributed by atoms with Crippen LogP contribution in [0.3, 0.4) is 0 Å². The zero-order chi connectivity index (χ0) is 11.4. The Kier molecular flexibility index (Phi) is 3.66. The summed E-state index contributed by atoms with van der Waals surface area (Å²) >= 11 is 0. The molecule has 1 saturated heterocycles. The number of anilines is 1. The van der Waals surface area contributed by atoms with E-state index < -0.39 is 0 Å². The standard InChI is InChI=1S/C11H16FN3O/c1-2-9-10(12)11(14-7-13-9)15-8-4-3-5-16-6-8/h7-8H,2-6H2,1H3,(H,13,14,15). The summed E-state index contributed by atoms with van der Waals surface area (Å²) in [5, 5.41) is 3.07. The van der Waals surface area contributed by atoms with Crippen molar-refractivity contribution in [1.82, 2.24) is 9.97 Å². The molecule has 0 aromatic carbocycles. The molecule has 1 aromatic heterocycles. The molecule has 88 valence electrons. The summed E-state index contributed by atoms with van der Waals surface area (Å²) < 4.78 is 19.1. The lowest BCUT2D eigenvalue weighted by Crippen LogP contribution is -2.30. The molecule has 2 rings (SSSR count). The van der Waals surface area contributed by atoms with E-state index in [1.807, 2.05) is 6.92 Å². The van der Waals surface area contributed by atoms with Gasteiger partial charge in [-0.1, -0.05) is 6.92 Å². The van der Waals surface area contributed by atoms with Crippen LogP contribution in [-0.4, -0.2) is 29.2 Å². The Morgan fingerprint density at radius 3 is 3.12 bits per heavy atom. The van der Waals surface area contributed by atoms with Crippen molar-refractivity contribution in [3.63, 3.8) is 0 Å². The number of halogens is 1. The Morgan fingerprint density at radius 2 is 2.44 bits per heavy atom. The maximum atomic E-state index is 13.8. The predicted octanol–water partition coefficient (Wildman–Crippen LogP) is 1.77. The Balaban J connectivity index is 2.08. The smallest absolute Gasteiger partial charge is 0.186 e. The van der Waals surface area contributed by atoms with E-state index in [9.17, 15) is 4.39 Å². The molecule has 2 heterocycles. The summed E-state index contributed by atoms with van der Waals surface area (Å²) in [7, 11) is 0. The topological polar surface area (TPSA) is 47.0 Å². The van der Waals surface area contributed by atoms with Gasteiger partial charge < -0.3 is 10.1 Å². The molecule has 1 aromatic rings. The molecule has 4 nitrogen and oxygen atoms in total. The van der Waals surface area contributed by atoms with Crippen LogP contribution < -0.4 is 5.32 Å². The zero-order valence-electron chi connectivity index (χ0n) is 9.37. The third-order valence-corrected chi connectivity index (χ3v) is 2.70. The first kappa shape index (κ1) is 11.3. The van der Waals surface area contributed by atoms with Gasteiger partial charge in [-0.2, -0.15) is 0 Å². The molecule has 0 amide bonds. The summed E-state index contributed by atoms with van der Waals surface area (Å²) in [6, 6.07) is 0.155. The highest BCUT2D eigenvalue weighted by Crippen LogP contribution is 2.17. The Labute approximate surface area is 94.2 Å². The molecule has 1 aliphatic rings. The Bertz CT molecular complexity index is 353. The molecule has 0 bridgehead atoms. The van der Waals surface area contributed by atoms with E-state index in [-0.39, 0.29) is 11.9 Å². The van der Waals surface area contributed by atoms with Gasteiger partial charge in [-0.3, -0.25) is 0 Å². The maximum absolute atomic E-state index is 13.8. The molecule has 1 aliphatic heterocycles. The number of rotatable bonds is 3. The quantitative estimate of drug-likeness (QED) is 0.851. The lowest BCUT2D eigenvalue weighted by atomic mass is 10.1. The van der Waals surface area contributed by atoms with Crippen LogP contribution in [0.5, 0.6) is 0 Å². The van der Waals surface area contributed by atoms with Crippen LogP contribution in [-0.2, 0) is 11.2 Å². The third-order valence-electron chi connectivity index (χ3n) is 2.70. The Hall–Kier alpha value is -1.23. The first-order valence-electron chi connectivity index (χ1n) is 5.65. The first-order chi connectivity index (χ1) is 7.81. The number of aromatic nitrogens is 2. The maximum Gasteiger partial charge on any atom is 0.186 e. The molecule has 16 heavy (non-hydrogen) atoms. The molecule has 0 aliphatic carbocycles. The van der Waals surface area contributed by atoms with Gasteiger partial charge in [0.05, 0.1) is 18.3 Å². The fourth-order valence-corrected chi connectivity index (χ4v) is 1.80. The SMILES string of the molecule is CCc1ncnc(NC2CCCOC2)c1F. The van der Waals surface area contributed by atoms with E-state index in [4.69, 9.17) is 4.74 Å². The molecule has 5 heteroatoms. The van der Waals surface area contributed by atoms with Gasteiger partial charge in [0.2, 0.25) is 0 Å². The van der Waals surface area contributed by atoms with E-state index in [1.165, 1.54) is 6.33 Å². The highest BCUT2D eigenvalue weighted by molar-refractivity contribution is 5.38. The van der Waals surface area contributed by atoms with Crippen molar-refractivity contribution in [2.45, 2.75) is 32.2 Å². The number of aryl methyl sites for hydroxylation is 1. The van der Waals surface area contributed by atoms with Gasteiger partial charge in [0.25, 0.3) is 0 Å². The molecule has 1 N–H and O–H groups in total. The monoisotopic (exact) mass is 225 g/mol. The van der Waals surface area contributed by atoms with Crippen LogP contribution in [0.1, 0.15) is 25.5 Å². The minimum absolute atomic E-state index is 0.155. The van der Waals surface area contributed by atoms with Crippen LogP contribution in [0.25, 0.3) is 0 Å². The van der Waals surface area contributed by atoms with Crippen LogP contribution >= 0.6 is 0 Å². The minimum Gasteiger partial charge on any atom is -0.379 e. The van der Waals surface area contributed by atoms with E-state index in [0.717, 1.165) is 19.4 Å². The van der Waals surface area contributed by atoms with E-state index >= 15 is 0 Å². The molecular weight excluding hydrogens is 209 g/mol. The second kappa shape index (κ2) is 5.21. The minimum atomic E-state index is -0.337. The molecule has 0 spiro atoms. The molecular formula is C11H16FN3O. The molecule has 1 unspecified atom stereocenters. The highest BCUT2D eigenvalue weighted by Gasteiger charge is 2.17. The van der Waals surface area contributed by atoms with Gasteiger partial charge in [-0.25, -0.2) is 14.4 Å². The van der Waals surface area contributed by atoms with Crippen molar-refractivity contribution in [2.24, 2.45) is 0 Å². The third kappa shape index (κ3) is 2.47. The van der Waals surface area contributed by atoms with Crippen LogP contribution in [0.2, 0.25) is 0 Å². The van der Waals surface area contributed by atoms with Gasteiger partial charge in [-0.15, -0.1) is 0 Å². The average molecular weight is 225 g/mol. The molecule has 0 radical (unpaired) electrons. The van der Waals surface area contributed by atoms with Gasteiger partial charge in [0.1, 0.15) is 6.33 Å². The molecule has 1 atom stereocenters. The molecule has 1 fully saturated rings. The van der Waals surface area contributed by atoms with Crippen molar-refractivity contribution in [3.8, 4) is 0 Å². The van der Waals surface area contributed by atoms with Crippen molar-refractivity contribution >= 4 is 5.82 Å². The zero-order valence-corrected chi connectivity index (χ0v) is 9.37. The fourth-order valence-electron chi connectivity index (χ4n) is 1.80. The Morgan fingerprint density at radius 1 is 1.56 bits per heavy atom. The van der Waals surface area contributed by atoms with Crippen molar-refractivity contribution < 1.29 is 9.13 Å². The lowest BCUT2D eigenvalue weighted by molar-refractivity contribution is 0.0874. The number of nitrogens with one attached hydrogen (secondary N) is 1. The largest absolute Gasteiger partial charge is 0.379 e. The summed E-state index contributed by atoms with van der Waals surface area (Å²) in [5.74, 6) is -0.0436. The van der Waals surface area contributed by atoms with Crippen molar-refractivity contribution in [2.75, 3.05) is 18.5 Å². The second-order valence-corrected chi connectivity index (χ2v) is 3.89. The summed E-state index contributed by atoms with van der Waals surface area (Å²) in [6.07, 6.45) is 3.97. The van der Waals surface area contributed by atoms with Crippen LogP contribution in [0.4, 0.5) is 10.2 Å². The predicted molar refractivity (Wildman–Crippen MR) is 58.8 cm³/mol. The number of nitrogens with zero attached hydrogens (tertiary/aromatic N) is 2. The summed E-state index contributed by atoms with van der Waals surface area (Å²) in [5.41, 5.74) is 0.453. The van der Waals surface area contributed by atoms with Crippen molar-refractivity contribution in [1.29, 1.82) is 0 Å². The van der Waals surface area contributed by atoms with E-state index in [2.05, 4.69) is 15.3 Å². The normalized spacial score (nSPS) is 20.8. The lowest BCUT2D eigenvalue weighted by Gasteiger charge is -2.23. The summed E-state index contributed by atoms with van der Waals surface area (Å²) in [4.78, 5) is 7.82. The molecule has 0 saturated carbocycles. The number of hydrogen-bond acceptors (Lipinski definition) is 4. The van der Waals surface area contributed by atoms with Gasteiger partial charge in [0.15, 0.2) is 11.6 Å². The van der Waals surface area contributed by atoms with Gasteiger partial charge in [0, 0.05) is 6.61 Å². The number of hydrogen-bond donors (Lipinski definition) is 1. The van der Waals surface area contributed by atoms with Gasteiger partial charge in [-0.05, 0) is 19.3 Å².